The van der Waals surface area contributed by atoms with Crippen LogP contribution in [0.5, 0.6) is 0 Å². The number of hydrogen-bond donors (Lipinski definition) is 1. The maximum Gasteiger partial charge on any atom is 0.260 e. The quantitative estimate of drug-likeness (QED) is 0.416. The molecule has 0 saturated heterocycles. The van der Waals surface area contributed by atoms with Crippen LogP contribution in [0.2, 0.25) is 0 Å². The standard InChI is InChI=1S/C6H7NO3/c8-6-4-2-1-3-5(6)7(9)10/h1-6,8H. The van der Waals surface area contributed by atoms with Crippen molar-refractivity contribution in [2.45, 2.75) is 12.1 Å². The van der Waals surface area contributed by atoms with Gasteiger partial charge in [-0.3, -0.25) is 10.1 Å². The van der Waals surface area contributed by atoms with Crippen molar-refractivity contribution in [2.75, 3.05) is 0 Å². The van der Waals surface area contributed by atoms with E-state index in [9.17, 15) is 10.1 Å². The van der Waals surface area contributed by atoms with Crippen LogP contribution >= 0.6 is 0 Å². The maximum absolute atomic E-state index is 10.1. The average Bonchev–Trinajstić information content (AvgIpc) is 1.88. The van der Waals surface area contributed by atoms with E-state index in [-0.39, 0.29) is 0 Å². The minimum Gasteiger partial charge on any atom is -0.381 e. The highest BCUT2D eigenvalue weighted by Gasteiger charge is 2.25. The molecule has 2 unspecified atom stereocenters. The summed E-state index contributed by atoms with van der Waals surface area (Å²) in [4.78, 5) is 9.62. The summed E-state index contributed by atoms with van der Waals surface area (Å²) in [7, 11) is 0. The van der Waals surface area contributed by atoms with Crippen LogP contribution in [0.15, 0.2) is 24.3 Å². The molecule has 0 aliphatic heterocycles. The lowest BCUT2D eigenvalue weighted by molar-refractivity contribution is -0.518. The second kappa shape index (κ2) is 2.62. The summed E-state index contributed by atoms with van der Waals surface area (Å²) in [5.41, 5.74) is 0. The Morgan fingerprint density at radius 2 is 2.00 bits per heavy atom. The van der Waals surface area contributed by atoms with Crippen LogP contribution < -0.4 is 0 Å². The second-order valence-corrected chi connectivity index (χ2v) is 2.04. The summed E-state index contributed by atoms with van der Waals surface area (Å²) < 4.78 is 0. The Morgan fingerprint density at radius 3 is 2.40 bits per heavy atom. The third-order valence-electron chi connectivity index (χ3n) is 1.32. The molecule has 0 aromatic heterocycles. The van der Waals surface area contributed by atoms with Crippen molar-refractivity contribution in [3.8, 4) is 0 Å². The van der Waals surface area contributed by atoms with Gasteiger partial charge in [0.2, 0.25) is 0 Å². The third-order valence-corrected chi connectivity index (χ3v) is 1.32. The van der Waals surface area contributed by atoms with Crippen LogP contribution in [0.3, 0.4) is 0 Å². The van der Waals surface area contributed by atoms with Crippen molar-refractivity contribution in [3.05, 3.63) is 34.4 Å². The monoisotopic (exact) mass is 141 g/mol. The first-order valence-electron chi connectivity index (χ1n) is 2.88. The lowest BCUT2D eigenvalue weighted by atomic mass is 10.1. The maximum atomic E-state index is 10.1. The number of rotatable bonds is 1. The topological polar surface area (TPSA) is 63.4 Å². The van der Waals surface area contributed by atoms with Crippen molar-refractivity contribution in [3.63, 3.8) is 0 Å². The molecule has 0 radical (unpaired) electrons. The minimum absolute atomic E-state index is 0.509. The molecule has 0 fully saturated rings. The Morgan fingerprint density at radius 1 is 1.40 bits per heavy atom. The largest absolute Gasteiger partial charge is 0.381 e. The number of allylic oxidation sites excluding steroid dienone is 2. The number of aliphatic hydroxyl groups is 1. The fourth-order valence-corrected chi connectivity index (χ4v) is 0.779. The van der Waals surface area contributed by atoms with Crippen molar-refractivity contribution in [1.29, 1.82) is 0 Å². The van der Waals surface area contributed by atoms with Crippen molar-refractivity contribution >= 4 is 0 Å². The van der Waals surface area contributed by atoms with E-state index in [0.717, 1.165) is 0 Å². The summed E-state index contributed by atoms with van der Waals surface area (Å²) in [6, 6.07) is -0.968. The van der Waals surface area contributed by atoms with E-state index in [4.69, 9.17) is 5.11 Å². The molecule has 0 aromatic rings. The van der Waals surface area contributed by atoms with Gasteiger partial charge in [0, 0.05) is 4.92 Å². The molecule has 54 valence electrons. The molecule has 0 saturated carbocycles. The van der Waals surface area contributed by atoms with Gasteiger partial charge < -0.3 is 5.11 Å². The summed E-state index contributed by atoms with van der Waals surface area (Å²) in [5.74, 6) is 0. The number of nitro groups is 1. The molecule has 0 amide bonds. The highest BCUT2D eigenvalue weighted by atomic mass is 16.6. The summed E-state index contributed by atoms with van der Waals surface area (Å²) in [6.07, 6.45) is 4.93. The Labute approximate surface area is 57.6 Å². The molecule has 4 nitrogen and oxygen atoms in total. The number of aliphatic hydroxyl groups excluding tert-OH is 1. The van der Waals surface area contributed by atoms with E-state index in [2.05, 4.69) is 0 Å². The first-order valence-corrected chi connectivity index (χ1v) is 2.88. The fraction of sp³-hybridized carbons (Fsp3) is 0.333. The Balaban J connectivity index is 2.70. The summed E-state index contributed by atoms with van der Waals surface area (Å²) in [5, 5.41) is 19.1. The van der Waals surface area contributed by atoms with E-state index in [1.54, 1.807) is 12.2 Å². The van der Waals surface area contributed by atoms with Gasteiger partial charge in [0.1, 0.15) is 6.10 Å². The van der Waals surface area contributed by atoms with Crippen LogP contribution in [0.4, 0.5) is 0 Å². The summed E-state index contributed by atoms with van der Waals surface area (Å²) >= 11 is 0. The molecule has 1 rings (SSSR count). The van der Waals surface area contributed by atoms with Gasteiger partial charge in [-0.25, -0.2) is 0 Å². The summed E-state index contributed by atoms with van der Waals surface area (Å²) in [6.45, 7) is 0. The van der Waals surface area contributed by atoms with Crippen molar-refractivity contribution in [2.24, 2.45) is 0 Å². The van der Waals surface area contributed by atoms with Gasteiger partial charge in [0.05, 0.1) is 0 Å². The van der Waals surface area contributed by atoms with Gasteiger partial charge in [-0.1, -0.05) is 12.2 Å². The van der Waals surface area contributed by atoms with Crippen LogP contribution in [0, 0.1) is 10.1 Å². The number of hydrogen-bond acceptors (Lipinski definition) is 3. The molecule has 2 atom stereocenters. The van der Waals surface area contributed by atoms with E-state index in [1.807, 2.05) is 0 Å². The van der Waals surface area contributed by atoms with Gasteiger partial charge in [-0.15, -0.1) is 0 Å². The van der Waals surface area contributed by atoms with Crippen molar-refractivity contribution in [1.82, 2.24) is 0 Å². The molecule has 0 aromatic carbocycles. The molecule has 10 heavy (non-hydrogen) atoms. The zero-order valence-corrected chi connectivity index (χ0v) is 5.18. The van der Waals surface area contributed by atoms with Crippen LogP contribution in [-0.2, 0) is 0 Å². The van der Waals surface area contributed by atoms with Crippen LogP contribution in [0.1, 0.15) is 0 Å². The molecule has 0 spiro atoms. The molecular formula is C6H7NO3. The smallest absolute Gasteiger partial charge is 0.260 e. The lowest BCUT2D eigenvalue weighted by Crippen LogP contribution is -2.31. The Kier molecular flexibility index (Phi) is 1.82. The molecular weight excluding hydrogens is 134 g/mol. The molecule has 1 aliphatic carbocycles. The van der Waals surface area contributed by atoms with Crippen molar-refractivity contribution < 1.29 is 10.0 Å². The molecule has 1 aliphatic rings. The molecule has 4 heteroatoms. The highest BCUT2D eigenvalue weighted by molar-refractivity contribution is 5.15. The fourth-order valence-electron chi connectivity index (χ4n) is 0.779. The van der Waals surface area contributed by atoms with Crippen LogP contribution in [0.25, 0.3) is 0 Å². The zero-order valence-electron chi connectivity index (χ0n) is 5.18. The van der Waals surface area contributed by atoms with E-state index < -0.39 is 17.1 Å². The molecule has 0 bridgehead atoms. The first kappa shape index (κ1) is 6.95. The SMILES string of the molecule is O=[N+]([O-])C1C=CC=CC1O. The molecule has 1 N–H and O–H groups in total. The van der Waals surface area contributed by atoms with Gasteiger partial charge in [-0.2, -0.15) is 0 Å². The van der Waals surface area contributed by atoms with E-state index in [0.29, 0.717) is 0 Å². The lowest BCUT2D eigenvalue weighted by Gasteiger charge is -2.10. The normalized spacial score (nSPS) is 30.5. The van der Waals surface area contributed by atoms with Crippen LogP contribution in [-0.4, -0.2) is 22.2 Å². The Hall–Kier alpha value is -1.16. The average molecular weight is 141 g/mol. The minimum atomic E-state index is -0.972. The third kappa shape index (κ3) is 1.22. The zero-order chi connectivity index (χ0) is 7.56. The number of nitrogens with zero attached hydrogens (tertiary/aromatic N) is 1. The van der Waals surface area contributed by atoms with Gasteiger partial charge in [0.15, 0.2) is 0 Å². The molecule has 0 heterocycles. The second-order valence-electron chi connectivity index (χ2n) is 2.04. The highest BCUT2D eigenvalue weighted by Crippen LogP contribution is 2.06. The van der Waals surface area contributed by atoms with Gasteiger partial charge in [0.25, 0.3) is 6.04 Å². The van der Waals surface area contributed by atoms with E-state index in [1.165, 1.54) is 12.2 Å². The first-order chi connectivity index (χ1) is 4.72. The predicted molar refractivity (Wildman–Crippen MR) is 35.1 cm³/mol. The van der Waals surface area contributed by atoms with Gasteiger partial charge >= 0.3 is 0 Å². The van der Waals surface area contributed by atoms with E-state index >= 15 is 0 Å². The van der Waals surface area contributed by atoms with Gasteiger partial charge in [-0.05, 0) is 12.2 Å². The Bertz CT molecular complexity index is 197. The predicted octanol–water partition coefficient (Wildman–Crippen LogP) is 0.119.